The zero-order valence-corrected chi connectivity index (χ0v) is 15.2. The number of aromatic nitrogens is 2. The van der Waals surface area contributed by atoms with Crippen molar-refractivity contribution in [3.63, 3.8) is 0 Å². The summed E-state index contributed by atoms with van der Waals surface area (Å²) in [5.74, 6) is 0.815. The zero-order chi connectivity index (χ0) is 18.6. The van der Waals surface area contributed by atoms with E-state index in [0.29, 0.717) is 25.4 Å². The second-order valence-electron chi connectivity index (χ2n) is 7.24. The van der Waals surface area contributed by atoms with Gasteiger partial charge in [0, 0.05) is 26.0 Å². The molecule has 7 heteroatoms. The summed E-state index contributed by atoms with van der Waals surface area (Å²) >= 11 is 0. The van der Waals surface area contributed by atoms with Crippen LogP contribution in [0.3, 0.4) is 0 Å². The highest BCUT2D eigenvalue weighted by Gasteiger charge is 2.29. The minimum absolute atomic E-state index is 0.0648. The van der Waals surface area contributed by atoms with Gasteiger partial charge in [-0.05, 0) is 55.5 Å². The Kier molecular flexibility index (Phi) is 5.38. The number of carbonyl (C=O) groups excluding carboxylic acids is 1. The standard InChI is InChI=1S/C20H24FN3O3/c21-16-3-5-19(6-4-16)27-14-20(25)23-11-17-7-9-22-24(17)18(12-23)8-10-26-13-15-1-2-15/h3-7,9,15,18H,1-2,8,10-14H2. The monoisotopic (exact) mass is 373 g/mol. The molecule has 0 bridgehead atoms. The van der Waals surface area contributed by atoms with Gasteiger partial charge >= 0.3 is 0 Å². The van der Waals surface area contributed by atoms with Crippen LogP contribution < -0.4 is 4.74 Å². The van der Waals surface area contributed by atoms with Crippen molar-refractivity contribution in [2.75, 3.05) is 26.4 Å². The highest BCUT2D eigenvalue weighted by molar-refractivity contribution is 5.78. The van der Waals surface area contributed by atoms with Crippen LogP contribution in [0.5, 0.6) is 5.75 Å². The Morgan fingerprint density at radius 3 is 2.81 bits per heavy atom. The molecule has 1 aromatic heterocycles. The van der Waals surface area contributed by atoms with Crippen LogP contribution >= 0.6 is 0 Å². The van der Waals surface area contributed by atoms with E-state index < -0.39 is 0 Å². The van der Waals surface area contributed by atoms with Crippen molar-refractivity contribution in [3.8, 4) is 5.75 Å². The van der Waals surface area contributed by atoms with Gasteiger partial charge in [-0.2, -0.15) is 5.10 Å². The first-order valence-electron chi connectivity index (χ1n) is 9.45. The fourth-order valence-electron chi connectivity index (χ4n) is 3.31. The van der Waals surface area contributed by atoms with Gasteiger partial charge in [0.2, 0.25) is 0 Å². The van der Waals surface area contributed by atoms with Crippen LogP contribution in [-0.2, 0) is 16.1 Å². The van der Waals surface area contributed by atoms with Crippen LogP contribution in [0.25, 0.3) is 0 Å². The molecule has 2 aromatic rings. The van der Waals surface area contributed by atoms with Gasteiger partial charge in [-0.15, -0.1) is 0 Å². The van der Waals surface area contributed by atoms with Crippen molar-refractivity contribution in [2.24, 2.45) is 5.92 Å². The Bertz CT molecular complexity index is 773. The zero-order valence-electron chi connectivity index (χ0n) is 15.2. The average Bonchev–Trinajstić information content (AvgIpc) is 3.38. The fourth-order valence-corrected chi connectivity index (χ4v) is 3.31. The molecule has 1 aliphatic carbocycles. The van der Waals surface area contributed by atoms with E-state index in [9.17, 15) is 9.18 Å². The van der Waals surface area contributed by atoms with Gasteiger partial charge in [0.15, 0.2) is 6.61 Å². The molecule has 2 aliphatic rings. The number of benzene rings is 1. The number of halogens is 1. The lowest BCUT2D eigenvalue weighted by molar-refractivity contribution is -0.135. The molecule has 2 heterocycles. The summed E-state index contributed by atoms with van der Waals surface area (Å²) in [5, 5.41) is 4.42. The molecule has 27 heavy (non-hydrogen) atoms. The van der Waals surface area contributed by atoms with Crippen LogP contribution in [-0.4, -0.2) is 47.0 Å². The van der Waals surface area contributed by atoms with Gasteiger partial charge < -0.3 is 14.4 Å². The van der Waals surface area contributed by atoms with Crippen LogP contribution in [0.4, 0.5) is 4.39 Å². The summed E-state index contributed by atoms with van der Waals surface area (Å²) in [6.45, 7) is 2.56. The van der Waals surface area contributed by atoms with Crippen molar-refractivity contribution < 1.29 is 18.7 Å². The Hall–Kier alpha value is -2.41. The molecule has 0 radical (unpaired) electrons. The molecule has 1 unspecified atom stereocenters. The maximum atomic E-state index is 13.0. The van der Waals surface area contributed by atoms with Crippen molar-refractivity contribution in [1.82, 2.24) is 14.7 Å². The number of carbonyl (C=O) groups is 1. The lowest BCUT2D eigenvalue weighted by Crippen LogP contribution is -2.43. The van der Waals surface area contributed by atoms with E-state index in [2.05, 4.69) is 5.10 Å². The first-order chi connectivity index (χ1) is 13.2. The highest BCUT2D eigenvalue weighted by Crippen LogP contribution is 2.29. The largest absolute Gasteiger partial charge is 0.484 e. The number of nitrogens with zero attached hydrogens (tertiary/aromatic N) is 3. The number of hydrogen-bond acceptors (Lipinski definition) is 4. The second kappa shape index (κ2) is 8.08. The normalized spacial score (nSPS) is 19.0. The summed E-state index contributed by atoms with van der Waals surface area (Å²) in [7, 11) is 0. The molecule has 0 N–H and O–H groups in total. The summed E-state index contributed by atoms with van der Waals surface area (Å²) in [6.07, 6.45) is 5.16. The smallest absolute Gasteiger partial charge is 0.260 e. The topological polar surface area (TPSA) is 56.6 Å². The van der Waals surface area contributed by atoms with Gasteiger partial charge in [-0.1, -0.05) is 0 Å². The third-order valence-electron chi connectivity index (χ3n) is 5.06. The van der Waals surface area contributed by atoms with Crippen LogP contribution in [0.15, 0.2) is 36.5 Å². The van der Waals surface area contributed by atoms with Crippen LogP contribution in [0, 0.1) is 11.7 Å². The predicted molar refractivity (Wildman–Crippen MR) is 96.7 cm³/mol. The van der Waals surface area contributed by atoms with Gasteiger partial charge in [-0.3, -0.25) is 9.48 Å². The first-order valence-corrected chi connectivity index (χ1v) is 9.45. The maximum Gasteiger partial charge on any atom is 0.260 e. The summed E-state index contributed by atoms with van der Waals surface area (Å²) in [5.41, 5.74) is 1.02. The second-order valence-corrected chi connectivity index (χ2v) is 7.24. The van der Waals surface area contributed by atoms with Crippen molar-refractivity contribution in [2.45, 2.75) is 31.8 Å². The lowest BCUT2D eigenvalue weighted by Gasteiger charge is -2.34. The van der Waals surface area contributed by atoms with E-state index in [-0.39, 0.29) is 24.4 Å². The third kappa shape index (κ3) is 4.66. The number of fused-ring (bicyclic) bond motifs is 1. The van der Waals surface area contributed by atoms with E-state index in [1.807, 2.05) is 10.7 Å². The van der Waals surface area contributed by atoms with Gasteiger partial charge in [-0.25, -0.2) is 4.39 Å². The maximum absolute atomic E-state index is 13.0. The van der Waals surface area contributed by atoms with E-state index >= 15 is 0 Å². The third-order valence-corrected chi connectivity index (χ3v) is 5.06. The molecular weight excluding hydrogens is 349 g/mol. The molecule has 0 spiro atoms. The predicted octanol–water partition coefficient (Wildman–Crippen LogP) is 2.80. The van der Waals surface area contributed by atoms with Crippen LogP contribution in [0.1, 0.15) is 31.0 Å². The SMILES string of the molecule is O=C(COc1ccc(F)cc1)N1Cc2ccnn2C(CCOCC2CC2)C1. The molecule has 1 aromatic carbocycles. The minimum Gasteiger partial charge on any atom is -0.484 e. The van der Waals surface area contributed by atoms with E-state index in [0.717, 1.165) is 24.6 Å². The Labute approximate surface area is 157 Å². The number of amides is 1. The summed E-state index contributed by atoms with van der Waals surface area (Å²) in [4.78, 5) is 14.4. The van der Waals surface area contributed by atoms with E-state index in [1.54, 1.807) is 11.1 Å². The number of ether oxygens (including phenoxy) is 2. The molecule has 0 saturated heterocycles. The first kappa shape index (κ1) is 18.0. The molecule has 1 amide bonds. The van der Waals surface area contributed by atoms with Crippen molar-refractivity contribution >= 4 is 5.91 Å². The molecular formula is C20H24FN3O3. The highest BCUT2D eigenvalue weighted by atomic mass is 19.1. The van der Waals surface area contributed by atoms with Gasteiger partial charge in [0.25, 0.3) is 5.91 Å². The molecule has 1 aliphatic heterocycles. The van der Waals surface area contributed by atoms with E-state index in [1.165, 1.54) is 37.1 Å². The molecule has 1 fully saturated rings. The van der Waals surface area contributed by atoms with E-state index in [4.69, 9.17) is 9.47 Å². The Morgan fingerprint density at radius 1 is 1.22 bits per heavy atom. The van der Waals surface area contributed by atoms with Gasteiger partial charge in [0.1, 0.15) is 11.6 Å². The van der Waals surface area contributed by atoms with Crippen molar-refractivity contribution in [3.05, 3.63) is 48.0 Å². The van der Waals surface area contributed by atoms with Gasteiger partial charge in [0.05, 0.1) is 18.3 Å². The Balaban J connectivity index is 1.32. The quantitative estimate of drug-likeness (QED) is 0.668. The van der Waals surface area contributed by atoms with Crippen LogP contribution in [0.2, 0.25) is 0 Å². The summed E-state index contributed by atoms with van der Waals surface area (Å²) in [6, 6.07) is 7.73. The minimum atomic E-state index is -0.329. The molecule has 4 rings (SSSR count). The number of rotatable bonds is 8. The summed E-state index contributed by atoms with van der Waals surface area (Å²) < 4.78 is 26.2. The fraction of sp³-hybridized carbons (Fsp3) is 0.500. The molecule has 1 atom stereocenters. The lowest BCUT2D eigenvalue weighted by atomic mass is 10.1. The molecule has 144 valence electrons. The number of hydrogen-bond donors (Lipinski definition) is 0. The molecule has 6 nitrogen and oxygen atoms in total. The molecule has 1 saturated carbocycles. The Morgan fingerprint density at radius 2 is 2.04 bits per heavy atom. The van der Waals surface area contributed by atoms with Crippen molar-refractivity contribution in [1.29, 1.82) is 0 Å². The average molecular weight is 373 g/mol.